The fourth-order valence-electron chi connectivity index (χ4n) is 1.72. The van der Waals surface area contributed by atoms with Gasteiger partial charge in [-0.1, -0.05) is 24.3 Å². The largest absolute Gasteiger partial charge is 0.478 e. The van der Waals surface area contributed by atoms with Crippen LogP contribution in [0.3, 0.4) is 0 Å². The molecule has 2 N–H and O–H groups in total. The first-order chi connectivity index (χ1) is 10.2. The van der Waals surface area contributed by atoms with E-state index in [0.717, 1.165) is 0 Å². The van der Waals surface area contributed by atoms with Gasteiger partial charge in [0.25, 0.3) is 0 Å². The number of amides is 1. The van der Waals surface area contributed by atoms with Gasteiger partial charge in [-0.25, -0.2) is 10.2 Å². The Labute approximate surface area is 121 Å². The normalized spacial score (nSPS) is 10.5. The number of carboxylic acids is 1. The van der Waals surface area contributed by atoms with E-state index in [1.54, 1.807) is 35.2 Å². The Balaban J connectivity index is 1.97. The van der Waals surface area contributed by atoms with Gasteiger partial charge in [-0.3, -0.25) is 4.79 Å². The second-order valence-electron chi connectivity index (χ2n) is 4.23. The van der Waals surface area contributed by atoms with Crippen LogP contribution in [0.5, 0.6) is 0 Å². The van der Waals surface area contributed by atoms with Crippen LogP contribution >= 0.6 is 0 Å². The average Bonchev–Trinajstić information content (AvgIpc) is 2.48. The summed E-state index contributed by atoms with van der Waals surface area (Å²) in [6.07, 6.45) is 4.85. The standard InChI is InChI=1S/C15H13N3O3/c19-14(11-18-8-4-1-5-9-18)17-16-10-12-6-2-3-7-13(12)15(20)21/h1-10H,11H2,(H-,17,19,20,21)/p+1/b16-10+. The molecule has 21 heavy (non-hydrogen) atoms. The number of aromatic nitrogens is 1. The summed E-state index contributed by atoms with van der Waals surface area (Å²) in [5, 5.41) is 12.8. The molecule has 1 amide bonds. The molecule has 6 nitrogen and oxygen atoms in total. The molecule has 0 saturated carbocycles. The van der Waals surface area contributed by atoms with E-state index in [9.17, 15) is 9.59 Å². The number of nitrogens with one attached hydrogen (secondary N) is 1. The van der Waals surface area contributed by atoms with E-state index >= 15 is 0 Å². The van der Waals surface area contributed by atoms with Crippen molar-refractivity contribution in [3.63, 3.8) is 0 Å². The van der Waals surface area contributed by atoms with E-state index in [2.05, 4.69) is 10.5 Å². The van der Waals surface area contributed by atoms with E-state index in [4.69, 9.17) is 5.11 Å². The average molecular weight is 284 g/mol. The number of aromatic carboxylic acids is 1. The fraction of sp³-hybridized carbons (Fsp3) is 0.0667. The smallest absolute Gasteiger partial charge is 0.336 e. The van der Waals surface area contributed by atoms with Crippen LogP contribution in [0.1, 0.15) is 15.9 Å². The molecule has 0 bridgehead atoms. The second-order valence-corrected chi connectivity index (χ2v) is 4.23. The molecule has 2 aromatic rings. The molecule has 0 saturated heterocycles. The molecule has 0 aliphatic carbocycles. The summed E-state index contributed by atoms with van der Waals surface area (Å²) in [4.78, 5) is 22.7. The van der Waals surface area contributed by atoms with Crippen molar-refractivity contribution in [3.8, 4) is 0 Å². The Morgan fingerprint density at radius 2 is 1.86 bits per heavy atom. The molecule has 0 atom stereocenters. The summed E-state index contributed by atoms with van der Waals surface area (Å²) < 4.78 is 1.70. The quantitative estimate of drug-likeness (QED) is 0.484. The lowest BCUT2D eigenvalue weighted by Crippen LogP contribution is -2.40. The number of carbonyl (C=O) groups is 2. The highest BCUT2D eigenvalue weighted by Gasteiger charge is 2.08. The van der Waals surface area contributed by atoms with Crippen molar-refractivity contribution in [2.45, 2.75) is 6.54 Å². The van der Waals surface area contributed by atoms with E-state index in [1.165, 1.54) is 12.3 Å². The molecule has 1 aromatic heterocycles. The lowest BCUT2D eigenvalue weighted by atomic mass is 10.1. The topological polar surface area (TPSA) is 82.6 Å². The molecule has 2 rings (SSSR count). The number of hydrogen-bond acceptors (Lipinski definition) is 3. The third kappa shape index (κ3) is 4.24. The van der Waals surface area contributed by atoms with Crippen LogP contribution in [0.15, 0.2) is 60.0 Å². The minimum Gasteiger partial charge on any atom is -0.478 e. The van der Waals surface area contributed by atoms with Crippen LogP contribution in [-0.4, -0.2) is 23.2 Å². The number of carbonyl (C=O) groups excluding carboxylic acids is 1. The SMILES string of the molecule is O=C(C[n+]1ccccc1)N/N=C/c1ccccc1C(=O)O. The zero-order valence-electron chi connectivity index (χ0n) is 11.1. The minimum atomic E-state index is -1.04. The maximum atomic E-state index is 11.7. The first-order valence-electron chi connectivity index (χ1n) is 6.25. The van der Waals surface area contributed by atoms with Gasteiger partial charge in [-0.15, -0.1) is 0 Å². The van der Waals surface area contributed by atoms with Crippen molar-refractivity contribution in [2.75, 3.05) is 0 Å². The van der Waals surface area contributed by atoms with Gasteiger partial charge < -0.3 is 5.11 Å². The second kappa shape index (κ2) is 6.95. The van der Waals surface area contributed by atoms with Crippen molar-refractivity contribution in [2.24, 2.45) is 5.10 Å². The first kappa shape index (κ1) is 14.4. The third-order valence-electron chi connectivity index (χ3n) is 2.69. The van der Waals surface area contributed by atoms with E-state index in [0.29, 0.717) is 5.56 Å². The van der Waals surface area contributed by atoms with Crippen LogP contribution in [0.4, 0.5) is 0 Å². The van der Waals surface area contributed by atoms with Crippen LogP contribution in [0.25, 0.3) is 0 Å². The number of hydrogen-bond donors (Lipinski definition) is 2. The molecular formula is C15H14N3O3+. The van der Waals surface area contributed by atoms with Gasteiger partial charge in [0.05, 0.1) is 11.8 Å². The van der Waals surface area contributed by atoms with Crippen LogP contribution in [-0.2, 0) is 11.3 Å². The summed E-state index contributed by atoms with van der Waals surface area (Å²) in [6.45, 7) is 0.138. The van der Waals surface area contributed by atoms with Crippen molar-refractivity contribution in [3.05, 3.63) is 66.0 Å². The summed E-state index contributed by atoms with van der Waals surface area (Å²) >= 11 is 0. The Bertz CT molecular complexity index is 669. The molecule has 0 fully saturated rings. The molecule has 0 unspecified atom stereocenters. The maximum absolute atomic E-state index is 11.7. The van der Waals surface area contributed by atoms with Crippen LogP contribution in [0.2, 0.25) is 0 Å². The number of rotatable bonds is 5. The fourth-order valence-corrected chi connectivity index (χ4v) is 1.72. The summed E-state index contributed by atoms with van der Waals surface area (Å²) in [7, 11) is 0. The van der Waals surface area contributed by atoms with Crippen molar-refractivity contribution in [1.29, 1.82) is 0 Å². The predicted octanol–water partition coefficient (Wildman–Crippen LogP) is 0.823. The van der Waals surface area contributed by atoms with E-state index in [-0.39, 0.29) is 18.0 Å². The highest BCUT2D eigenvalue weighted by molar-refractivity contribution is 5.98. The summed E-state index contributed by atoms with van der Waals surface area (Å²) in [6, 6.07) is 11.9. The number of carboxylic acid groups (broad SMARTS) is 1. The van der Waals surface area contributed by atoms with Gasteiger partial charge in [0.1, 0.15) is 0 Å². The Hall–Kier alpha value is -3.02. The number of hydrazone groups is 1. The van der Waals surface area contributed by atoms with Crippen molar-refractivity contribution >= 4 is 18.1 Å². The molecule has 1 heterocycles. The molecule has 1 aromatic carbocycles. The zero-order valence-corrected chi connectivity index (χ0v) is 11.1. The Morgan fingerprint density at radius 1 is 1.14 bits per heavy atom. The van der Waals surface area contributed by atoms with Gasteiger partial charge in [0.15, 0.2) is 12.4 Å². The third-order valence-corrected chi connectivity index (χ3v) is 2.69. The predicted molar refractivity (Wildman–Crippen MR) is 75.8 cm³/mol. The van der Waals surface area contributed by atoms with Crippen LogP contribution in [0, 0.1) is 0 Å². The Kier molecular flexibility index (Phi) is 4.76. The molecule has 0 spiro atoms. The molecular weight excluding hydrogens is 270 g/mol. The number of pyridine rings is 1. The monoisotopic (exact) mass is 284 g/mol. The first-order valence-corrected chi connectivity index (χ1v) is 6.25. The number of nitrogens with zero attached hydrogens (tertiary/aromatic N) is 2. The molecule has 6 heteroatoms. The van der Waals surface area contributed by atoms with Gasteiger partial charge in [0, 0.05) is 17.7 Å². The van der Waals surface area contributed by atoms with Gasteiger partial charge in [-0.05, 0) is 6.07 Å². The zero-order chi connectivity index (χ0) is 15.1. The van der Waals surface area contributed by atoms with Gasteiger partial charge in [0.2, 0.25) is 6.54 Å². The summed E-state index contributed by atoms with van der Waals surface area (Å²) in [5.74, 6) is -1.33. The van der Waals surface area contributed by atoms with Gasteiger partial charge >= 0.3 is 11.9 Å². The lowest BCUT2D eigenvalue weighted by Gasteiger charge is -2.00. The minimum absolute atomic E-state index is 0.132. The molecule has 106 valence electrons. The van der Waals surface area contributed by atoms with Gasteiger partial charge in [-0.2, -0.15) is 9.67 Å². The highest BCUT2D eigenvalue weighted by Crippen LogP contribution is 2.05. The highest BCUT2D eigenvalue weighted by atomic mass is 16.4. The van der Waals surface area contributed by atoms with E-state index < -0.39 is 5.97 Å². The molecule has 0 aliphatic rings. The van der Waals surface area contributed by atoms with Crippen LogP contribution < -0.4 is 9.99 Å². The Morgan fingerprint density at radius 3 is 2.57 bits per heavy atom. The summed E-state index contributed by atoms with van der Waals surface area (Å²) in [5.41, 5.74) is 2.92. The van der Waals surface area contributed by atoms with Crippen molar-refractivity contribution < 1.29 is 19.3 Å². The molecule has 0 radical (unpaired) electrons. The maximum Gasteiger partial charge on any atom is 0.336 e. The molecule has 0 aliphatic heterocycles. The van der Waals surface area contributed by atoms with E-state index in [1.807, 2.05) is 18.2 Å². The lowest BCUT2D eigenvalue weighted by molar-refractivity contribution is -0.684. The van der Waals surface area contributed by atoms with Crippen molar-refractivity contribution in [1.82, 2.24) is 5.43 Å². The number of benzene rings is 1.